The van der Waals surface area contributed by atoms with Crippen LogP contribution in [0.1, 0.15) is 38.7 Å². The SMILES string of the molecule is CCOc1oc(C(=O)NNC(=O)c2cc(C)sn2)nc1C. The smallest absolute Gasteiger partial charge is 0.325 e. The highest BCUT2D eigenvalue weighted by Crippen LogP contribution is 2.18. The Morgan fingerprint density at radius 3 is 2.67 bits per heavy atom. The van der Waals surface area contributed by atoms with Crippen LogP contribution in [0.2, 0.25) is 0 Å². The van der Waals surface area contributed by atoms with E-state index in [1.165, 1.54) is 11.5 Å². The van der Waals surface area contributed by atoms with E-state index in [2.05, 4.69) is 20.2 Å². The zero-order valence-electron chi connectivity index (χ0n) is 11.7. The van der Waals surface area contributed by atoms with Crippen LogP contribution in [0.4, 0.5) is 0 Å². The Morgan fingerprint density at radius 1 is 1.33 bits per heavy atom. The summed E-state index contributed by atoms with van der Waals surface area (Å²) in [6.07, 6.45) is 0. The Hall–Kier alpha value is -2.42. The first-order valence-corrected chi connectivity index (χ1v) is 6.92. The lowest BCUT2D eigenvalue weighted by Crippen LogP contribution is -2.41. The predicted octanol–water partition coefficient (Wildman–Crippen LogP) is 1.22. The van der Waals surface area contributed by atoms with Gasteiger partial charge in [-0.1, -0.05) is 0 Å². The van der Waals surface area contributed by atoms with Gasteiger partial charge < -0.3 is 9.15 Å². The van der Waals surface area contributed by atoms with Gasteiger partial charge in [-0.25, -0.2) is 4.98 Å². The molecular formula is C12H14N4O4S. The molecule has 0 aliphatic rings. The largest absolute Gasteiger partial charge is 0.464 e. The summed E-state index contributed by atoms with van der Waals surface area (Å²) in [4.78, 5) is 28.3. The molecule has 2 aromatic heterocycles. The minimum Gasteiger partial charge on any atom is -0.464 e. The number of aromatic nitrogens is 2. The zero-order chi connectivity index (χ0) is 15.4. The summed E-state index contributed by atoms with van der Waals surface area (Å²) >= 11 is 1.20. The van der Waals surface area contributed by atoms with Gasteiger partial charge >= 0.3 is 11.9 Å². The van der Waals surface area contributed by atoms with Crippen molar-refractivity contribution in [2.45, 2.75) is 20.8 Å². The van der Waals surface area contributed by atoms with E-state index in [4.69, 9.17) is 9.15 Å². The number of aryl methyl sites for hydroxylation is 2. The first-order chi connectivity index (χ1) is 10.0. The topological polar surface area (TPSA) is 106 Å². The second-order valence-electron chi connectivity index (χ2n) is 4.06. The zero-order valence-corrected chi connectivity index (χ0v) is 12.5. The fourth-order valence-electron chi connectivity index (χ4n) is 1.45. The Morgan fingerprint density at radius 2 is 2.05 bits per heavy atom. The number of ether oxygens (including phenoxy) is 1. The van der Waals surface area contributed by atoms with Gasteiger partial charge in [0.2, 0.25) is 0 Å². The van der Waals surface area contributed by atoms with E-state index in [0.717, 1.165) is 4.88 Å². The maximum atomic E-state index is 11.8. The second kappa shape index (κ2) is 6.35. The third kappa shape index (κ3) is 3.57. The van der Waals surface area contributed by atoms with Gasteiger partial charge in [-0.15, -0.1) is 0 Å². The molecule has 2 N–H and O–H groups in total. The average Bonchev–Trinajstić information content (AvgIpc) is 3.03. The average molecular weight is 310 g/mol. The van der Waals surface area contributed by atoms with Crippen LogP contribution in [0.25, 0.3) is 0 Å². The number of hydrogen-bond donors (Lipinski definition) is 2. The van der Waals surface area contributed by atoms with Gasteiger partial charge in [0, 0.05) is 4.88 Å². The molecule has 0 aliphatic heterocycles. The molecule has 2 aromatic rings. The van der Waals surface area contributed by atoms with Crippen molar-refractivity contribution in [1.29, 1.82) is 0 Å². The van der Waals surface area contributed by atoms with Gasteiger partial charge in [-0.05, 0) is 38.4 Å². The van der Waals surface area contributed by atoms with Crippen LogP contribution in [-0.4, -0.2) is 27.8 Å². The van der Waals surface area contributed by atoms with Gasteiger partial charge in [0.25, 0.3) is 11.8 Å². The van der Waals surface area contributed by atoms with Gasteiger partial charge in [0.05, 0.1) is 6.61 Å². The monoisotopic (exact) mass is 310 g/mol. The number of nitrogens with zero attached hydrogens (tertiary/aromatic N) is 2. The standard InChI is InChI=1S/C12H14N4O4S/c1-4-19-12-7(3)13-11(20-12)10(18)15-14-9(17)8-5-6(2)21-16-8/h5H,4H2,1-3H3,(H,14,17)(H,15,18). The fraction of sp³-hybridized carbons (Fsp3) is 0.333. The molecule has 0 bridgehead atoms. The van der Waals surface area contributed by atoms with Crippen LogP contribution in [-0.2, 0) is 0 Å². The molecule has 2 rings (SSSR count). The van der Waals surface area contributed by atoms with Gasteiger partial charge in [0.1, 0.15) is 11.4 Å². The molecule has 2 amide bonds. The molecule has 0 spiro atoms. The van der Waals surface area contributed by atoms with E-state index in [9.17, 15) is 9.59 Å². The first-order valence-electron chi connectivity index (χ1n) is 6.15. The van der Waals surface area contributed by atoms with Crippen LogP contribution in [0.15, 0.2) is 10.5 Å². The molecule has 0 saturated carbocycles. The third-order valence-electron chi connectivity index (χ3n) is 2.37. The van der Waals surface area contributed by atoms with Crippen LogP contribution < -0.4 is 15.6 Å². The Balaban J connectivity index is 1.95. The van der Waals surface area contributed by atoms with Crippen molar-refractivity contribution in [1.82, 2.24) is 20.2 Å². The van der Waals surface area contributed by atoms with Crippen LogP contribution in [0.5, 0.6) is 5.95 Å². The molecule has 9 heteroatoms. The fourth-order valence-corrected chi connectivity index (χ4v) is 1.99. The normalized spacial score (nSPS) is 10.2. The lowest BCUT2D eigenvalue weighted by atomic mass is 10.4. The number of nitrogens with one attached hydrogen (secondary N) is 2. The first kappa shape index (κ1) is 15.0. The molecular weight excluding hydrogens is 296 g/mol. The summed E-state index contributed by atoms with van der Waals surface area (Å²) in [5.41, 5.74) is 5.13. The number of hydrazine groups is 1. The molecule has 8 nitrogen and oxygen atoms in total. The van der Waals surface area contributed by atoms with Gasteiger partial charge in [-0.3, -0.25) is 20.4 Å². The molecule has 0 radical (unpaired) electrons. The van der Waals surface area contributed by atoms with E-state index in [1.54, 1.807) is 19.9 Å². The van der Waals surface area contributed by atoms with E-state index in [1.807, 2.05) is 6.92 Å². The van der Waals surface area contributed by atoms with Crippen molar-refractivity contribution in [3.05, 3.63) is 28.2 Å². The van der Waals surface area contributed by atoms with Crippen LogP contribution in [0, 0.1) is 13.8 Å². The highest BCUT2D eigenvalue weighted by molar-refractivity contribution is 7.05. The molecule has 0 unspecified atom stereocenters. The molecule has 0 aliphatic carbocycles. The van der Waals surface area contributed by atoms with Crippen molar-refractivity contribution in [2.75, 3.05) is 6.61 Å². The summed E-state index contributed by atoms with van der Waals surface area (Å²) in [6, 6.07) is 1.62. The maximum Gasteiger partial charge on any atom is 0.325 e. The van der Waals surface area contributed by atoms with Crippen LogP contribution >= 0.6 is 11.5 Å². The van der Waals surface area contributed by atoms with Crippen LogP contribution in [0.3, 0.4) is 0 Å². The highest BCUT2D eigenvalue weighted by atomic mass is 32.1. The molecule has 112 valence electrons. The summed E-state index contributed by atoms with van der Waals surface area (Å²) in [7, 11) is 0. The van der Waals surface area contributed by atoms with E-state index < -0.39 is 11.8 Å². The van der Waals surface area contributed by atoms with E-state index in [0.29, 0.717) is 12.3 Å². The van der Waals surface area contributed by atoms with Crippen molar-refractivity contribution in [2.24, 2.45) is 0 Å². The highest BCUT2D eigenvalue weighted by Gasteiger charge is 2.18. The minimum atomic E-state index is -0.677. The predicted molar refractivity (Wildman–Crippen MR) is 74.2 cm³/mol. The number of carbonyl (C=O) groups excluding carboxylic acids is 2. The molecule has 2 heterocycles. The molecule has 0 atom stereocenters. The molecule has 0 aromatic carbocycles. The number of hydrogen-bond acceptors (Lipinski definition) is 7. The van der Waals surface area contributed by atoms with E-state index >= 15 is 0 Å². The van der Waals surface area contributed by atoms with E-state index in [-0.39, 0.29) is 17.5 Å². The summed E-state index contributed by atoms with van der Waals surface area (Å²) < 4.78 is 14.2. The minimum absolute atomic E-state index is 0.184. The number of rotatable bonds is 4. The summed E-state index contributed by atoms with van der Waals surface area (Å²) in [5.74, 6) is -1.19. The maximum absolute atomic E-state index is 11.8. The number of carbonyl (C=O) groups is 2. The van der Waals surface area contributed by atoms with Gasteiger partial charge in [-0.2, -0.15) is 4.37 Å². The quantitative estimate of drug-likeness (QED) is 0.822. The Bertz CT molecular complexity index is 664. The Kier molecular flexibility index (Phi) is 4.53. The lowest BCUT2D eigenvalue weighted by molar-refractivity contribution is 0.0820. The van der Waals surface area contributed by atoms with Crippen molar-refractivity contribution >= 4 is 23.3 Å². The third-order valence-corrected chi connectivity index (χ3v) is 3.07. The number of oxazole rings is 1. The molecule has 0 saturated heterocycles. The van der Waals surface area contributed by atoms with Crippen molar-refractivity contribution < 1.29 is 18.7 Å². The molecule has 0 fully saturated rings. The Labute approximate surface area is 124 Å². The van der Waals surface area contributed by atoms with Gasteiger partial charge in [0.15, 0.2) is 0 Å². The summed E-state index contributed by atoms with van der Waals surface area (Å²) in [5, 5.41) is 0. The van der Waals surface area contributed by atoms with Crippen molar-refractivity contribution in [3.8, 4) is 5.95 Å². The number of amides is 2. The summed E-state index contributed by atoms with van der Waals surface area (Å²) in [6.45, 7) is 5.68. The second-order valence-corrected chi connectivity index (χ2v) is 5.07. The molecule has 21 heavy (non-hydrogen) atoms. The lowest BCUT2D eigenvalue weighted by Gasteiger charge is -2.02. The van der Waals surface area contributed by atoms with Crippen molar-refractivity contribution in [3.63, 3.8) is 0 Å².